The van der Waals surface area contributed by atoms with Crippen LogP contribution in [0.3, 0.4) is 0 Å². The minimum absolute atomic E-state index is 0.0554. The summed E-state index contributed by atoms with van der Waals surface area (Å²) in [4.78, 5) is 0. The fourth-order valence-electron chi connectivity index (χ4n) is 2.36. The fourth-order valence-corrected chi connectivity index (χ4v) is 4.75. The van der Waals surface area contributed by atoms with Gasteiger partial charge < -0.3 is 4.74 Å². The molecular formula is C13H14BrNO3S. The summed E-state index contributed by atoms with van der Waals surface area (Å²) in [6.07, 6.45) is 0.815. The smallest absolute Gasteiger partial charge is 0.151 e. The highest BCUT2D eigenvalue weighted by molar-refractivity contribution is 9.10. The van der Waals surface area contributed by atoms with E-state index in [9.17, 15) is 13.7 Å². The lowest BCUT2D eigenvalue weighted by Gasteiger charge is -2.19. The Balaban J connectivity index is 2.32. The second-order valence-electron chi connectivity index (χ2n) is 4.87. The van der Waals surface area contributed by atoms with Gasteiger partial charge in [-0.1, -0.05) is 15.9 Å². The average Bonchev–Trinajstić information content (AvgIpc) is 2.68. The van der Waals surface area contributed by atoms with E-state index in [4.69, 9.17) is 4.74 Å². The third-order valence-electron chi connectivity index (χ3n) is 3.41. The molecule has 1 unspecified atom stereocenters. The number of hydrogen-bond donors (Lipinski definition) is 0. The lowest BCUT2D eigenvalue weighted by molar-refractivity contribution is 0.411. The Morgan fingerprint density at radius 2 is 2.26 bits per heavy atom. The number of ether oxygens (including phenoxy) is 1. The van der Waals surface area contributed by atoms with E-state index in [1.165, 1.54) is 0 Å². The van der Waals surface area contributed by atoms with E-state index in [0.717, 1.165) is 10.0 Å². The molecular weight excluding hydrogens is 330 g/mol. The maximum atomic E-state index is 11.6. The van der Waals surface area contributed by atoms with E-state index in [2.05, 4.69) is 22.0 Å². The summed E-state index contributed by atoms with van der Waals surface area (Å²) in [6, 6.07) is 7.71. The summed E-state index contributed by atoms with van der Waals surface area (Å²) in [7, 11) is -1.51. The lowest BCUT2D eigenvalue weighted by Crippen LogP contribution is -2.23. The van der Waals surface area contributed by atoms with Gasteiger partial charge in [0, 0.05) is 4.47 Å². The van der Waals surface area contributed by atoms with Gasteiger partial charge in [0.2, 0.25) is 0 Å². The van der Waals surface area contributed by atoms with Gasteiger partial charge in [-0.05, 0) is 36.6 Å². The molecule has 1 fully saturated rings. The van der Waals surface area contributed by atoms with Crippen molar-refractivity contribution >= 4 is 25.8 Å². The molecule has 0 bridgehead atoms. The van der Waals surface area contributed by atoms with Crippen LogP contribution < -0.4 is 4.74 Å². The highest BCUT2D eigenvalue weighted by Crippen LogP contribution is 2.37. The van der Waals surface area contributed by atoms with Crippen molar-refractivity contribution in [3.05, 3.63) is 28.2 Å². The third-order valence-corrected chi connectivity index (χ3v) is 6.00. The van der Waals surface area contributed by atoms with Crippen molar-refractivity contribution < 1.29 is 13.2 Å². The van der Waals surface area contributed by atoms with Crippen molar-refractivity contribution in [2.45, 2.75) is 12.8 Å². The van der Waals surface area contributed by atoms with E-state index in [0.29, 0.717) is 18.6 Å². The Hall–Kier alpha value is -1.06. The Morgan fingerprint density at radius 3 is 2.79 bits per heavy atom. The fraction of sp³-hybridized carbons (Fsp3) is 0.462. The number of sulfone groups is 1. The van der Waals surface area contributed by atoms with Crippen LogP contribution in [0.25, 0.3) is 0 Å². The molecule has 2 rings (SSSR count). The standard InChI is InChI=1S/C13H14BrNO3S/c1-18-11-2-3-12(14)10(6-11)7-13(8-15)4-5-19(16,17)9-13/h2-3,6H,4-5,7,9H2,1H3. The molecule has 0 aliphatic carbocycles. The van der Waals surface area contributed by atoms with Crippen LogP contribution in [0.4, 0.5) is 0 Å². The molecule has 0 N–H and O–H groups in total. The maximum Gasteiger partial charge on any atom is 0.151 e. The van der Waals surface area contributed by atoms with Gasteiger partial charge in [0.1, 0.15) is 5.75 Å². The van der Waals surface area contributed by atoms with Crippen LogP contribution in [-0.4, -0.2) is 27.0 Å². The minimum atomic E-state index is -3.08. The van der Waals surface area contributed by atoms with E-state index in [1.54, 1.807) is 7.11 Å². The van der Waals surface area contributed by atoms with Gasteiger partial charge in [0.15, 0.2) is 9.84 Å². The van der Waals surface area contributed by atoms with Gasteiger partial charge in [-0.15, -0.1) is 0 Å². The number of benzene rings is 1. The van der Waals surface area contributed by atoms with Gasteiger partial charge in [-0.2, -0.15) is 5.26 Å². The second kappa shape index (κ2) is 5.14. The van der Waals surface area contributed by atoms with Crippen LogP contribution in [0.5, 0.6) is 5.75 Å². The summed E-state index contributed by atoms with van der Waals surface area (Å²) in [5, 5.41) is 9.37. The number of hydrogen-bond acceptors (Lipinski definition) is 4. The number of methoxy groups -OCH3 is 1. The van der Waals surface area contributed by atoms with Gasteiger partial charge in [0.25, 0.3) is 0 Å². The molecule has 19 heavy (non-hydrogen) atoms. The molecule has 1 aromatic rings. The highest BCUT2D eigenvalue weighted by Gasteiger charge is 2.43. The van der Waals surface area contributed by atoms with Gasteiger partial charge in [-0.3, -0.25) is 0 Å². The van der Waals surface area contributed by atoms with E-state index < -0.39 is 15.3 Å². The summed E-state index contributed by atoms with van der Waals surface area (Å²) in [5.74, 6) is 0.745. The average molecular weight is 344 g/mol. The Morgan fingerprint density at radius 1 is 1.53 bits per heavy atom. The topological polar surface area (TPSA) is 67.2 Å². The van der Waals surface area contributed by atoms with Crippen LogP contribution in [-0.2, 0) is 16.3 Å². The molecule has 0 saturated carbocycles. The van der Waals surface area contributed by atoms with Crippen LogP contribution in [0.1, 0.15) is 12.0 Å². The summed E-state index contributed by atoms with van der Waals surface area (Å²) >= 11 is 3.43. The SMILES string of the molecule is COc1ccc(Br)c(CC2(C#N)CCS(=O)(=O)C2)c1. The number of nitriles is 1. The molecule has 1 aliphatic heterocycles. The molecule has 1 saturated heterocycles. The van der Waals surface area contributed by atoms with Crippen molar-refractivity contribution in [2.24, 2.45) is 5.41 Å². The zero-order chi connectivity index (χ0) is 14.1. The van der Waals surface area contributed by atoms with Crippen LogP contribution >= 0.6 is 15.9 Å². The molecule has 0 spiro atoms. The Bertz CT molecular complexity index is 636. The zero-order valence-corrected chi connectivity index (χ0v) is 12.9. The predicted octanol–water partition coefficient (Wildman–Crippen LogP) is 2.33. The van der Waals surface area contributed by atoms with E-state index in [1.807, 2.05) is 18.2 Å². The molecule has 1 atom stereocenters. The monoisotopic (exact) mass is 343 g/mol. The molecule has 6 heteroatoms. The first-order valence-corrected chi connectivity index (χ1v) is 8.45. The normalized spacial score (nSPS) is 24.9. The lowest BCUT2D eigenvalue weighted by atomic mass is 9.83. The Labute approximate surface area is 121 Å². The predicted molar refractivity (Wildman–Crippen MR) is 75.7 cm³/mol. The maximum absolute atomic E-state index is 11.6. The molecule has 0 aromatic heterocycles. The summed E-state index contributed by atoms with van der Waals surface area (Å²) in [5.41, 5.74) is 0.0891. The quantitative estimate of drug-likeness (QED) is 0.844. The summed E-state index contributed by atoms with van der Waals surface area (Å²) < 4.78 is 29.3. The van der Waals surface area contributed by atoms with Crippen molar-refractivity contribution in [1.29, 1.82) is 5.26 Å². The third kappa shape index (κ3) is 3.10. The van der Waals surface area contributed by atoms with Crippen molar-refractivity contribution in [3.8, 4) is 11.8 Å². The van der Waals surface area contributed by atoms with Gasteiger partial charge in [-0.25, -0.2) is 8.42 Å². The van der Waals surface area contributed by atoms with Crippen molar-refractivity contribution in [2.75, 3.05) is 18.6 Å². The van der Waals surface area contributed by atoms with E-state index >= 15 is 0 Å². The molecule has 102 valence electrons. The van der Waals surface area contributed by atoms with Crippen LogP contribution in [0.2, 0.25) is 0 Å². The van der Waals surface area contributed by atoms with E-state index in [-0.39, 0.29) is 11.5 Å². The second-order valence-corrected chi connectivity index (χ2v) is 7.91. The van der Waals surface area contributed by atoms with Crippen LogP contribution in [0.15, 0.2) is 22.7 Å². The Kier molecular flexibility index (Phi) is 3.88. The largest absolute Gasteiger partial charge is 0.497 e. The first-order chi connectivity index (χ1) is 8.90. The molecule has 1 aromatic carbocycles. The van der Waals surface area contributed by atoms with Crippen molar-refractivity contribution in [3.63, 3.8) is 0 Å². The minimum Gasteiger partial charge on any atom is -0.497 e. The molecule has 0 amide bonds. The highest BCUT2D eigenvalue weighted by atomic mass is 79.9. The number of halogens is 1. The zero-order valence-electron chi connectivity index (χ0n) is 10.5. The van der Waals surface area contributed by atoms with Gasteiger partial charge >= 0.3 is 0 Å². The molecule has 1 heterocycles. The van der Waals surface area contributed by atoms with Gasteiger partial charge in [0.05, 0.1) is 30.1 Å². The first kappa shape index (κ1) is 14.4. The number of nitrogens with zero attached hydrogens (tertiary/aromatic N) is 1. The first-order valence-electron chi connectivity index (χ1n) is 5.84. The van der Waals surface area contributed by atoms with Crippen LogP contribution in [0, 0.1) is 16.7 Å². The molecule has 0 radical (unpaired) electrons. The molecule has 1 aliphatic rings. The summed E-state index contributed by atoms with van der Waals surface area (Å²) in [6.45, 7) is 0. The molecule has 4 nitrogen and oxygen atoms in total. The van der Waals surface area contributed by atoms with Crippen molar-refractivity contribution in [1.82, 2.24) is 0 Å². The number of rotatable bonds is 3.